The van der Waals surface area contributed by atoms with Crippen LogP contribution in [-0.2, 0) is 11.2 Å². The van der Waals surface area contributed by atoms with Crippen LogP contribution < -0.4 is 5.32 Å². The van der Waals surface area contributed by atoms with Gasteiger partial charge in [-0.25, -0.2) is 0 Å². The molecule has 20 heavy (non-hydrogen) atoms. The molecule has 0 aliphatic carbocycles. The Kier molecular flexibility index (Phi) is 5.06. The standard InChI is InChI=1S/C17H26N2O/c1-2-4-15(5-3-1)12-17-13-18-8-9-19(17)14-16-6-10-20-11-7-16/h1-5,16-18H,6-14H2. The molecule has 0 spiro atoms. The van der Waals surface area contributed by atoms with E-state index in [9.17, 15) is 0 Å². The summed E-state index contributed by atoms with van der Waals surface area (Å²) < 4.78 is 5.48. The van der Waals surface area contributed by atoms with Crippen molar-refractivity contribution in [3.8, 4) is 0 Å². The summed E-state index contributed by atoms with van der Waals surface area (Å²) in [6.45, 7) is 6.62. The van der Waals surface area contributed by atoms with E-state index in [1.54, 1.807) is 0 Å². The van der Waals surface area contributed by atoms with Gasteiger partial charge in [0, 0.05) is 45.4 Å². The Hall–Kier alpha value is -0.900. The lowest BCUT2D eigenvalue weighted by Gasteiger charge is -2.39. The van der Waals surface area contributed by atoms with Crippen LogP contribution in [0.5, 0.6) is 0 Å². The molecule has 2 heterocycles. The van der Waals surface area contributed by atoms with E-state index in [0.717, 1.165) is 38.6 Å². The van der Waals surface area contributed by atoms with Gasteiger partial charge in [-0.2, -0.15) is 0 Å². The fourth-order valence-corrected chi connectivity index (χ4v) is 3.39. The molecule has 2 aliphatic heterocycles. The van der Waals surface area contributed by atoms with Gasteiger partial charge in [0.05, 0.1) is 0 Å². The highest BCUT2D eigenvalue weighted by Gasteiger charge is 2.25. The molecule has 1 unspecified atom stereocenters. The van der Waals surface area contributed by atoms with Crippen molar-refractivity contribution in [3.05, 3.63) is 35.9 Å². The van der Waals surface area contributed by atoms with E-state index >= 15 is 0 Å². The van der Waals surface area contributed by atoms with E-state index in [-0.39, 0.29) is 0 Å². The number of ether oxygens (including phenoxy) is 1. The van der Waals surface area contributed by atoms with Crippen LogP contribution in [0.3, 0.4) is 0 Å². The Morgan fingerprint density at radius 2 is 1.95 bits per heavy atom. The van der Waals surface area contributed by atoms with Crippen LogP contribution in [0.2, 0.25) is 0 Å². The maximum absolute atomic E-state index is 5.48. The number of nitrogens with one attached hydrogen (secondary N) is 1. The van der Waals surface area contributed by atoms with Crippen LogP contribution in [0.4, 0.5) is 0 Å². The molecule has 0 aromatic heterocycles. The molecule has 3 heteroatoms. The molecule has 0 amide bonds. The van der Waals surface area contributed by atoms with Crippen molar-refractivity contribution in [3.63, 3.8) is 0 Å². The van der Waals surface area contributed by atoms with E-state index in [4.69, 9.17) is 4.74 Å². The minimum absolute atomic E-state index is 0.647. The van der Waals surface area contributed by atoms with Gasteiger partial charge in [-0.15, -0.1) is 0 Å². The minimum atomic E-state index is 0.647. The third-order valence-corrected chi connectivity index (χ3v) is 4.62. The number of piperazine rings is 1. The molecule has 2 aliphatic rings. The smallest absolute Gasteiger partial charge is 0.0469 e. The molecule has 1 atom stereocenters. The zero-order chi connectivity index (χ0) is 13.6. The molecule has 1 N–H and O–H groups in total. The normalized spacial score (nSPS) is 25.7. The van der Waals surface area contributed by atoms with Gasteiger partial charge in [0.15, 0.2) is 0 Å². The highest BCUT2D eigenvalue weighted by atomic mass is 16.5. The molecule has 1 aromatic rings. The van der Waals surface area contributed by atoms with E-state index in [1.165, 1.54) is 31.5 Å². The molecule has 3 nitrogen and oxygen atoms in total. The van der Waals surface area contributed by atoms with Crippen molar-refractivity contribution in [2.75, 3.05) is 39.4 Å². The fourth-order valence-electron chi connectivity index (χ4n) is 3.39. The maximum Gasteiger partial charge on any atom is 0.0469 e. The quantitative estimate of drug-likeness (QED) is 0.908. The molecule has 1 aromatic carbocycles. The van der Waals surface area contributed by atoms with E-state index < -0.39 is 0 Å². The molecular formula is C17H26N2O. The summed E-state index contributed by atoms with van der Waals surface area (Å²) in [5.74, 6) is 0.833. The topological polar surface area (TPSA) is 24.5 Å². The van der Waals surface area contributed by atoms with E-state index in [1.807, 2.05) is 0 Å². The van der Waals surface area contributed by atoms with Crippen molar-refractivity contribution >= 4 is 0 Å². The first kappa shape index (κ1) is 14.1. The SMILES string of the molecule is c1ccc(CC2CNCCN2CC2CCOCC2)cc1. The summed E-state index contributed by atoms with van der Waals surface area (Å²) in [4.78, 5) is 2.71. The molecular weight excluding hydrogens is 248 g/mol. The van der Waals surface area contributed by atoms with Crippen LogP contribution in [0.1, 0.15) is 18.4 Å². The van der Waals surface area contributed by atoms with Crippen molar-refractivity contribution in [2.45, 2.75) is 25.3 Å². The molecule has 0 saturated carbocycles. The number of rotatable bonds is 4. The van der Waals surface area contributed by atoms with Crippen LogP contribution in [0, 0.1) is 5.92 Å². The summed E-state index contributed by atoms with van der Waals surface area (Å²) in [5, 5.41) is 3.56. The van der Waals surface area contributed by atoms with Crippen LogP contribution in [0.25, 0.3) is 0 Å². The third-order valence-electron chi connectivity index (χ3n) is 4.62. The fraction of sp³-hybridized carbons (Fsp3) is 0.647. The van der Waals surface area contributed by atoms with Crippen LogP contribution in [0.15, 0.2) is 30.3 Å². The number of hydrogen-bond donors (Lipinski definition) is 1. The van der Waals surface area contributed by atoms with Gasteiger partial charge in [-0.1, -0.05) is 30.3 Å². The Labute approximate surface area is 122 Å². The molecule has 2 fully saturated rings. The maximum atomic E-state index is 5.48. The van der Waals surface area contributed by atoms with Gasteiger partial charge in [0.25, 0.3) is 0 Å². The first-order chi connectivity index (χ1) is 9.92. The van der Waals surface area contributed by atoms with Crippen molar-refractivity contribution < 1.29 is 4.74 Å². The van der Waals surface area contributed by atoms with Crippen LogP contribution in [-0.4, -0.2) is 50.3 Å². The summed E-state index contributed by atoms with van der Waals surface area (Å²) in [6, 6.07) is 11.5. The average molecular weight is 274 g/mol. The van der Waals surface area contributed by atoms with Gasteiger partial charge < -0.3 is 10.1 Å². The number of benzene rings is 1. The Morgan fingerprint density at radius 3 is 2.75 bits per heavy atom. The Bertz CT molecular complexity index is 389. The summed E-state index contributed by atoms with van der Waals surface area (Å²) >= 11 is 0. The third kappa shape index (κ3) is 3.81. The van der Waals surface area contributed by atoms with Crippen molar-refractivity contribution in [1.82, 2.24) is 10.2 Å². The largest absolute Gasteiger partial charge is 0.381 e. The highest BCUT2D eigenvalue weighted by molar-refractivity contribution is 5.16. The van der Waals surface area contributed by atoms with Crippen LogP contribution >= 0.6 is 0 Å². The van der Waals surface area contributed by atoms with Crippen molar-refractivity contribution in [2.24, 2.45) is 5.92 Å². The van der Waals surface area contributed by atoms with Gasteiger partial charge in [-0.3, -0.25) is 4.90 Å². The lowest BCUT2D eigenvalue weighted by atomic mass is 9.96. The minimum Gasteiger partial charge on any atom is -0.381 e. The second kappa shape index (κ2) is 7.21. The van der Waals surface area contributed by atoms with Gasteiger partial charge >= 0.3 is 0 Å². The number of nitrogens with zero attached hydrogens (tertiary/aromatic N) is 1. The molecule has 0 radical (unpaired) electrons. The Balaban J connectivity index is 1.58. The van der Waals surface area contributed by atoms with E-state index in [0.29, 0.717) is 6.04 Å². The lowest BCUT2D eigenvalue weighted by Crippen LogP contribution is -2.53. The second-order valence-corrected chi connectivity index (χ2v) is 6.10. The van der Waals surface area contributed by atoms with E-state index in [2.05, 4.69) is 40.5 Å². The molecule has 0 bridgehead atoms. The average Bonchev–Trinajstić information content (AvgIpc) is 2.51. The molecule has 2 saturated heterocycles. The summed E-state index contributed by atoms with van der Waals surface area (Å²) in [7, 11) is 0. The lowest BCUT2D eigenvalue weighted by molar-refractivity contribution is 0.0410. The highest BCUT2D eigenvalue weighted by Crippen LogP contribution is 2.19. The Morgan fingerprint density at radius 1 is 1.15 bits per heavy atom. The first-order valence-corrected chi connectivity index (χ1v) is 7.98. The zero-order valence-electron chi connectivity index (χ0n) is 12.3. The first-order valence-electron chi connectivity index (χ1n) is 7.98. The summed E-state index contributed by atoms with van der Waals surface area (Å²) in [5.41, 5.74) is 1.46. The molecule has 3 rings (SSSR count). The predicted molar refractivity (Wildman–Crippen MR) is 81.9 cm³/mol. The van der Waals surface area contributed by atoms with Gasteiger partial charge in [0.2, 0.25) is 0 Å². The second-order valence-electron chi connectivity index (χ2n) is 6.10. The van der Waals surface area contributed by atoms with Gasteiger partial charge in [-0.05, 0) is 30.7 Å². The summed E-state index contributed by atoms with van der Waals surface area (Å²) in [6.07, 6.45) is 3.64. The monoisotopic (exact) mass is 274 g/mol. The van der Waals surface area contributed by atoms with Gasteiger partial charge in [0.1, 0.15) is 0 Å². The zero-order valence-corrected chi connectivity index (χ0v) is 12.3. The number of hydrogen-bond acceptors (Lipinski definition) is 3. The predicted octanol–water partition coefficient (Wildman–Crippen LogP) is 1.93. The molecule has 110 valence electrons. The van der Waals surface area contributed by atoms with Crippen molar-refractivity contribution in [1.29, 1.82) is 0 Å².